The second-order valence-corrected chi connectivity index (χ2v) is 5.21. The van der Waals surface area contributed by atoms with Gasteiger partial charge in [0.1, 0.15) is 11.4 Å². The Kier molecular flexibility index (Phi) is 5.56. The highest BCUT2D eigenvalue weighted by atomic mass is 32.1. The van der Waals surface area contributed by atoms with Gasteiger partial charge in [0.2, 0.25) is 0 Å². The second kappa shape index (κ2) is 6.70. The van der Waals surface area contributed by atoms with Crippen molar-refractivity contribution >= 4 is 18.6 Å². The van der Waals surface area contributed by atoms with E-state index >= 15 is 0 Å². The molecule has 0 radical (unpaired) electrons. The van der Waals surface area contributed by atoms with E-state index in [1.807, 2.05) is 51.1 Å². The molecule has 0 saturated carbocycles. The molecule has 0 aliphatic carbocycles. The fourth-order valence-corrected chi connectivity index (χ4v) is 1.59. The lowest BCUT2D eigenvalue weighted by atomic mass is 10.1. The van der Waals surface area contributed by atoms with Crippen LogP contribution in [-0.2, 0) is 16.0 Å². The molecule has 1 aromatic carbocycles. The number of rotatable bonds is 5. The number of hydrogen-bond donors (Lipinski definition) is 1. The van der Waals surface area contributed by atoms with Crippen LogP contribution in [0.5, 0.6) is 0 Å². The third-order valence-corrected chi connectivity index (χ3v) is 3.18. The fourth-order valence-electron chi connectivity index (χ4n) is 1.32. The van der Waals surface area contributed by atoms with E-state index in [1.165, 1.54) is 0 Å². The second-order valence-electron chi connectivity index (χ2n) is 4.59. The fraction of sp³-hybridized carbons (Fsp3) is 0.500. The van der Waals surface area contributed by atoms with Crippen LogP contribution in [0.4, 0.5) is 0 Å². The van der Waals surface area contributed by atoms with E-state index in [1.54, 1.807) is 0 Å². The van der Waals surface area contributed by atoms with Gasteiger partial charge in [0.25, 0.3) is 0 Å². The Morgan fingerprint density at radius 1 is 1.24 bits per heavy atom. The van der Waals surface area contributed by atoms with Gasteiger partial charge in [-0.05, 0) is 24.8 Å². The van der Waals surface area contributed by atoms with Crippen LogP contribution in [0.25, 0.3) is 0 Å². The molecular weight excluding hydrogens is 232 g/mol. The van der Waals surface area contributed by atoms with Gasteiger partial charge in [-0.1, -0.05) is 44.2 Å². The minimum Gasteiger partial charge on any atom is -0.462 e. The smallest absolute Gasteiger partial charge is 0.319 e. The Labute approximate surface area is 109 Å². The van der Waals surface area contributed by atoms with Crippen molar-refractivity contribution in [1.29, 1.82) is 0 Å². The minimum atomic E-state index is -0.390. The molecule has 0 N–H and O–H groups in total. The summed E-state index contributed by atoms with van der Waals surface area (Å²) in [4.78, 5) is 11.8. The molecule has 17 heavy (non-hydrogen) atoms. The standard InChI is InChI=1S/C14H20O2S/c1-10(2)11(3)16-14(15)13(17)9-12-7-5-4-6-8-12/h4-8,10-11,13,17H,9H2,1-3H3. The van der Waals surface area contributed by atoms with Gasteiger partial charge in [-0.15, -0.1) is 0 Å². The summed E-state index contributed by atoms with van der Waals surface area (Å²) >= 11 is 4.30. The molecule has 0 aliphatic rings. The molecular formula is C14H20O2S. The van der Waals surface area contributed by atoms with Crippen molar-refractivity contribution in [3.8, 4) is 0 Å². The minimum absolute atomic E-state index is 0.0621. The molecule has 0 amide bonds. The Balaban J connectivity index is 2.48. The van der Waals surface area contributed by atoms with E-state index in [0.29, 0.717) is 12.3 Å². The van der Waals surface area contributed by atoms with Crippen molar-refractivity contribution in [2.24, 2.45) is 5.92 Å². The summed E-state index contributed by atoms with van der Waals surface area (Å²) < 4.78 is 5.33. The maximum absolute atomic E-state index is 11.8. The van der Waals surface area contributed by atoms with Crippen LogP contribution in [0, 0.1) is 5.92 Å². The number of esters is 1. The van der Waals surface area contributed by atoms with Gasteiger partial charge in [0, 0.05) is 0 Å². The summed E-state index contributed by atoms with van der Waals surface area (Å²) in [5.74, 6) is 0.0922. The largest absolute Gasteiger partial charge is 0.462 e. The number of ether oxygens (including phenoxy) is 1. The van der Waals surface area contributed by atoms with Crippen LogP contribution in [0.3, 0.4) is 0 Å². The van der Waals surface area contributed by atoms with Crippen LogP contribution >= 0.6 is 12.6 Å². The molecule has 0 aliphatic heterocycles. The zero-order chi connectivity index (χ0) is 12.8. The zero-order valence-electron chi connectivity index (χ0n) is 10.6. The van der Waals surface area contributed by atoms with Crippen LogP contribution in [0.15, 0.2) is 30.3 Å². The van der Waals surface area contributed by atoms with Crippen LogP contribution in [-0.4, -0.2) is 17.3 Å². The average molecular weight is 252 g/mol. The van der Waals surface area contributed by atoms with Gasteiger partial charge >= 0.3 is 5.97 Å². The predicted octanol–water partition coefficient (Wildman–Crippen LogP) is 3.12. The Hall–Kier alpha value is -0.960. The van der Waals surface area contributed by atoms with E-state index < -0.39 is 5.25 Å². The quantitative estimate of drug-likeness (QED) is 0.644. The number of thiol groups is 1. The first-order valence-corrected chi connectivity index (χ1v) is 6.45. The summed E-state index contributed by atoms with van der Waals surface area (Å²) in [7, 11) is 0. The lowest BCUT2D eigenvalue weighted by Gasteiger charge is -2.19. The molecule has 1 aromatic rings. The van der Waals surface area contributed by atoms with Crippen LogP contribution in [0.2, 0.25) is 0 Å². The molecule has 0 heterocycles. The first-order valence-electron chi connectivity index (χ1n) is 5.93. The number of carbonyl (C=O) groups is 1. The molecule has 0 spiro atoms. The molecule has 2 atom stereocenters. The lowest BCUT2D eigenvalue weighted by molar-refractivity contribution is -0.149. The SMILES string of the molecule is CC(C)C(C)OC(=O)C(S)Cc1ccccc1. The first kappa shape index (κ1) is 14.1. The van der Waals surface area contributed by atoms with Gasteiger partial charge < -0.3 is 4.74 Å². The molecule has 1 rings (SSSR count). The third-order valence-electron chi connectivity index (χ3n) is 2.78. The molecule has 3 heteroatoms. The normalized spacial score (nSPS) is 14.4. The van der Waals surface area contributed by atoms with Crippen molar-refractivity contribution < 1.29 is 9.53 Å². The summed E-state index contributed by atoms with van der Waals surface area (Å²) in [5.41, 5.74) is 1.10. The monoisotopic (exact) mass is 252 g/mol. The van der Waals surface area contributed by atoms with E-state index in [2.05, 4.69) is 12.6 Å². The molecule has 2 unspecified atom stereocenters. The number of hydrogen-bond acceptors (Lipinski definition) is 3. The zero-order valence-corrected chi connectivity index (χ0v) is 11.5. The van der Waals surface area contributed by atoms with Crippen molar-refractivity contribution in [3.05, 3.63) is 35.9 Å². The van der Waals surface area contributed by atoms with E-state index in [9.17, 15) is 4.79 Å². The van der Waals surface area contributed by atoms with Crippen molar-refractivity contribution in [3.63, 3.8) is 0 Å². The molecule has 0 saturated heterocycles. The summed E-state index contributed by atoms with van der Waals surface area (Å²) in [6, 6.07) is 9.84. The maximum atomic E-state index is 11.8. The Bertz CT molecular complexity index is 348. The molecule has 0 bridgehead atoms. The predicted molar refractivity (Wildman–Crippen MR) is 73.3 cm³/mol. The van der Waals surface area contributed by atoms with Gasteiger partial charge in [0.05, 0.1) is 0 Å². The molecule has 0 fully saturated rings. The lowest BCUT2D eigenvalue weighted by Crippen LogP contribution is -2.27. The van der Waals surface area contributed by atoms with Gasteiger partial charge in [-0.25, -0.2) is 0 Å². The highest BCUT2D eigenvalue weighted by molar-refractivity contribution is 7.81. The summed E-state index contributed by atoms with van der Waals surface area (Å²) in [5, 5.41) is -0.390. The van der Waals surface area contributed by atoms with E-state index in [4.69, 9.17) is 4.74 Å². The third kappa shape index (κ3) is 4.82. The summed E-state index contributed by atoms with van der Waals surface area (Å²) in [6.45, 7) is 5.97. The van der Waals surface area contributed by atoms with E-state index in [-0.39, 0.29) is 12.1 Å². The van der Waals surface area contributed by atoms with Gasteiger partial charge in [-0.2, -0.15) is 12.6 Å². The Morgan fingerprint density at radius 2 is 1.82 bits per heavy atom. The Morgan fingerprint density at radius 3 is 2.35 bits per heavy atom. The highest BCUT2D eigenvalue weighted by Gasteiger charge is 2.20. The maximum Gasteiger partial charge on any atom is 0.319 e. The van der Waals surface area contributed by atoms with E-state index in [0.717, 1.165) is 5.56 Å². The van der Waals surface area contributed by atoms with Crippen molar-refractivity contribution in [2.45, 2.75) is 38.5 Å². The van der Waals surface area contributed by atoms with Gasteiger partial charge in [-0.3, -0.25) is 4.79 Å². The first-order chi connectivity index (χ1) is 8.00. The van der Waals surface area contributed by atoms with Crippen LogP contribution in [0.1, 0.15) is 26.3 Å². The molecule has 2 nitrogen and oxygen atoms in total. The topological polar surface area (TPSA) is 26.3 Å². The molecule has 94 valence electrons. The average Bonchev–Trinajstić information content (AvgIpc) is 2.29. The van der Waals surface area contributed by atoms with Crippen LogP contribution < -0.4 is 0 Å². The van der Waals surface area contributed by atoms with Crippen molar-refractivity contribution in [1.82, 2.24) is 0 Å². The summed E-state index contributed by atoms with van der Waals surface area (Å²) in [6.07, 6.45) is 0.543. The number of carbonyl (C=O) groups excluding carboxylic acids is 1. The number of benzene rings is 1. The van der Waals surface area contributed by atoms with Crippen molar-refractivity contribution in [2.75, 3.05) is 0 Å². The highest BCUT2D eigenvalue weighted by Crippen LogP contribution is 2.12. The van der Waals surface area contributed by atoms with Gasteiger partial charge in [0.15, 0.2) is 0 Å². The molecule has 0 aromatic heterocycles.